The Kier molecular flexibility index (Phi) is 3.28. The molecule has 0 saturated heterocycles. The summed E-state index contributed by atoms with van der Waals surface area (Å²) in [7, 11) is 0. The second-order valence-electron chi connectivity index (χ2n) is 5.23. The first-order valence-corrected chi connectivity index (χ1v) is 6.88. The van der Waals surface area contributed by atoms with Gasteiger partial charge in [-0.2, -0.15) is 4.98 Å². The van der Waals surface area contributed by atoms with E-state index in [0.29, 0.717) is 12.0 Å². The molecule has 1 aromatic carbocycles. The van der Waals surface area contributed by atoms with Crippen LogP contribution in [0.2, 0.25) is 0 Å². The number of nitrogens with two attached hydrogens (primary N) is 1. The fourth-order valence-corrected chi connectivity index (χ4v) is 2.76. The van der Waals surface area contributed by atoms with Crippen molar-refractivity contribution in [3.05, 3.63) is 41.6 Å². The number of aryl methyl sites for hydroxylation is 2. The molecule has 0 saturated carbocycles. The molecule has 5 heteroatoms. The minimum Gasteiger partial charge on any atom is -0.323 e. The number of rotatable bonds is 2. The van der Waals surface area contributed by atoms with Crippen molar-refractivity contribution in [2.75, 3.05) is 10.3 Å². The van der Waals surface area contributed by atoms with Crippen LogP contribution in [0.25, 0.3) is 0 Å². The third-order valence-corrected chi connectivity index (χ3v) is 3.83. The third kappa shape index (κ3) is 2.10. The maximum atomic E-state index is 5.43. The monoisotopic (exact) mass is 269 g/mol. The van der Waals surface area contributed by atoms with E-state index in [9.17, 15) is 0 Å². The number of nitrogen functional groups attached to an aromatic ring is 1. The van der Waals surface area contributed by atoms with Crippen LogP contribution in [0, 0.1) is 6.92 Å². The first-order chi connectivity index (χ1) is 9.70. The van der Waals surface area contributed by atoms with E-state index in [4.69, 9.17) is 5.84 Å². The Labute approximate surface area is 118 Å². The molecular weight excluding hydrogens is 250 g/mol. The molecule has 3 N–H and O–H groups in total. The van der Waals surface area contributed by atoms with Crippen molar-refractivity contribution in [2.45, 2.75) is 32.7 Å². The van der Waals surface area contributed by atoms with Gasteiger partial charge in [0.1, 0.15) is 5.82 Å². The highest BCUT2D eigenvalue weighted by atomic mass is 15.3. The lowest BCUT2D eigenvalue weighted by atomic mass is 9.96. The van der Waals surface area contributed by atoms with Crippen LogP contribution in [-0.2, 0) is 6.42 Å². The number of hydrogen-bond donors (Lipinski definition) is 2. The van der Waals surface area contributed by atoms with Gasteiger partial charge in [0, 0.05) is 23.5 Å². The topological polar surface area (TPSA) is 67.1 Å². The predicted octanol–water partition coefficient (Wildman–Crippen LogP) is 2.54. The van der Waals surface area contributed by atoms with Crippen LogP contribution in [0.5, 0.6) is 0 Å². The quantitative estimate of drug-likeness (QED) is 0.648. The first kappa shape index (κ1) is 12.9. The van der Waals surface area contributed by atoms with E-state index >= 15 is 0 Å². The van der Waals surface area contributed by atoms with Crippen LogP contribution in [0.4, 0.5) is 17.5 Å². The fraction of sp³-hybridized carbons (Fsp3) is 0.333. The fourth-order valence-electron chi connectivity index (χ4n) is 2.76. The van der Waals surface area contributed by atoms with Gasteiger partial charge in [-0.15, -0.1) is 0 Å². The Morgan fingerprint density at radius 2 is 2.15 bits per heavy atom. The average Bonchev–Trinajstić information content (AvgIpc) is 2.48. The maximum Gasteiger partial charge on any atom is 0.239 e. The Balaban J connectivity index is 2.13. The summed E-state index contributed by atoms with van der Waals surface area (Å²) in [6.45, 7) is 4.26. The molecule has 3 rings (SSSR count). The van der Waals surface area contributed by atoms with Gasteiger partial charge >= 0.3 is 0 Å². The van der Waals surface area contributed by atoms with Crippen molar-refractivity contribution < 1.29 is 0 Å². The van der Waals surface area contributed by atoms with Crippen molar-refractivity contribution in [1.29, 1.82) is 0 Å². The lowest BCUT2D eigenvalue weighted by Crippen LogP contribution is -2.34. The summed E-state index contributed by atoms with van der Waals surface area (Å²) in [6.07, 6.45) is 4.03. The number of aromatic nitrogens is 2. The first-order valence-electron chi connectivity index (χ1n) is 6.88. The number of benzene rings is 1. The number of anilines is 3. The molecule has 0 bridgehead atoms. The Bertz CT molecular complexity index is 625. The van der Waals surface area contributed by atoms with Gasteiger partial charge in [-0.1, -0.05) is 18.2 Å². The molecule has 104 valence electrons. The molecule has 1 aromatic heterocycles. The van der Waals surface area contributed by atoms with Crippen molar-refractivity contribution in [3.8, 4) is 0 Å². The average molecular weight is 269 g/mol. The smallest absolute Gasteiger partial charge is 0.239 e. The minimum absolute atomic E-state index is 0.407. The van der Waals surface area contributed by atoms with Gasteiger partial charge in [-0.3, -0.25) is 5.43 Å². The SMILES string of the molecule is Cc1cnc(NN)nc1N1c2ccccc2CCC1C. The zero-order valence-corrected chi connectivity index (χ0v) is 11.8. The van der Waals surface area contributed by atoms with E-state index < -0.39 is 0 Å². The second-order valence-corrected chi connectivity index (χ2v) is 5.23. The van der Waals surface area contributed by atoms with Gasteiger partial charge in [-0.25, -0.2) is 10.8 Å². The lowest BCUT2D eigenvalue weighted by Gasteiger charge is -2.37. The Morgan fingerprint density at radius 3 is 2.95 bits per heavy atom. The summed E-state index contributed by atoms with van der Waals surface area (Å²) in [5, 5.41) is 0. The summed E-state index contributed by atoms with van der Waals surface area (Å²) in [5.74, 6) is 6.80. The third-order valence-electron chi connectivity index (χ3n) is 3.83. The van der Waals surface area contributed by atoms with E-state index in [1.165, 1.54) is 11.3 Å². The number of nitrogens with zero attached hydrogens (tertiary/aromatic N) is 3. The summed E-state index contributed by atoms with van der Waals surface area (Å²) in [6, 6.07) is 8.91. The zero-order chi connectivity index (χ0) is 14.1. The summed E-state index contributed by atoms with van der Waals surface area (Å²) in [4.78, 5) is 11.0. The van der Waals surface area contributed by atoms with Crippen molar-refractivity contribution in [1.82, 2.24) is 9.97 Å². The van der Waals surface area contributed by atoms with Gasteiger partial charge in [0.2, 0.25) is 5.95 Å². The molecule has 1 atom stereocenters. The molecule has 0 amide bonds. The lowest BCUT2D eigenvalue weighted by molar-refractivity contribution is 0.612. The molecule has 0 spiro atoms. The number of nitrogens with one attached hydrogen (secondary N) is 1. The number of fused-ring (bicyclic) bond motifs is 1. The summed E-state index contributed by atoms with van der Waals surface area (Å²) < 4.78 is 0. The molecule has 1 aliphatic heterocycles. The molecule has 0 fully saturated rings. The van der Waals surface area contributed by atoms with Gasteiger partial charge in [-0.05, 0) is 38.3 Å². The van der Waals surface area contributed by atoms with E-state index in [1.807, 2.05) is 13.1 Å². The Hall–Kier alpha value is -2.14. The van der Waals surface area contributed by atoms with Crippen molar-refractivity contribution in [2.24, 2.45) is 5.84 Å². The molecule has 5 nitrogen and oxygen atoms in total. The highest BCUT2D eigenvalue weighted by molar-refractivity contribution is 5.68. The van der Waals surface area contributed by atoms with E-state index in [2.05, 4.69) is 51.5 Å². The van der Waals surface area contributed by atoms with Gasteiger partial charge in [0.05, 0.1) is 0 Å². The van der Waals surface area contributed by atoms with Crippen LogP contribution < -0.4 is 16.2 Å². The summed E-state index contributed by atoms with van der Waals surface area (Å²) in [5.41, 5.74) is 6.17. The summed E-state index contributed by atoms with van der Waals surface area (Å²) >= 11 is 0. The molecule has 1 aliphatic rings. The van der Waals surface area contributed by atoms with Crippen molar-refractivity contribution >= 4 is 17.5 Å². The number of para-hydroxylation sites is 1. The van der Waals surface area contributed by atoms with E-state index in [1.54, 1.807) is 0 Å². The minimum atomic E-state index is 0.407. The van der Waals surface area contributed by atoms with Crippen LogP contribution in [0.15, 0.2) is 30.5 Å². The molecule has 2 heterocycles. The normalized spacial score (nSPS) is 17.8. The zero-order valence-electron chi connectivity index (χ0n) is 11.8. The second kappa shape index (κ2) is 5.09. The van der Waals surface area contributed by atoms with Crippen molar-refractivity contribution in [3.63, 3.8) is 0 Å². The number of hydrogen-bond acceptors (Lipinski definition) is 5. The Morgan fingerprint density at radius 1 is 1.35 bits per heavy atom. The van der Waals surface area contributed by atoms with Gasteiger partial charge in [0.25, 0.3) is 0 Å². The van der Waals surface area contributed by atoms with E-state index in [-0.39, 0.29) is 0 Å². The predicted molar refractivity (Wildman–Crippen MR) is 80.9 cm³/mol. The van der Waals surface area contributed by atoms with E-state index in [0.717, 1.165) is 24.2 Å². The molecule has 2 aromatic rings. The van der Waals surface area contributed by atoms with Crippen LogP contribution in [0.1, 0.15) is 24.5 Å². The molecule has 1 unspecified atom stereocenters. The van der Waals surface area contributed by atoms with Gasteiger partial charge in [0.15, 0.2) is 0 Å². The highest BCUT2D eigenvalue weighted by Crippen LogP contribution is 2.37. The van der Waals surface area contributed by atoms with Crippen LogP contribution >= 0.6 is 0 Å². The molecular formula is C15H19N5. The highest BCUT2D eigenvalue weighted by Gasteiger charge is 2.26. The van der Waals surface area contributed by atoms with Crippen LogP contribution in [0.3, 0.4) is 0 Å². The molecule has 0 aliphatic carbocycles. The molecule has 0 radical (unpaired) electrons. The van der Waals surface area contributed by atoms with Crippen LogP contribution in [-0.4, -0.2) is 16.0 Å². The van der Waals surface area contributed by atoms with Gasteiger partial charge < -0.3 is 4.90 Å². The number of hydrazine groups is 1. The molecule has 20 heavy (non-hydrogen) atoms. The largest absolute Gasteiger partial charge is 0.323 e. The standard InChI is InChI=1S/C15H19N5/c1-10-9-17-15(19-16)18-14(10)20-11(2)7-8-12-5-3-4-6-13(12)20/h3-6,9,11H,7-8,16H2,1-2H3,(H,17,18,19). The maximum absolute atomic E-state index is 5.43.